The first-order chi connectivity index (χ1) is 9.00. The molecule has 0 aliphatic rings. The van der Waals surface area contributed by atoms with Crippen molar-refractivity contribution in [2.45, 2.75) is 12.1 Å². The van der Waals surface area contributed by atoms with Crippen LogP contribution in [0.4, 0.5) is 11.6 Å². The molecular formula is C9H18N6O2S2. The Morgan fingerprint density at radius 3 is 2.63 bits per heavy atom. The van der Waals surface area contributed by atoms with Gasteiger partial charge in [0.25, 0.3) is 0 Å². The first-order valence-electron chi connectivity index (χ1n) is 5.61. The number of anilines is 2. The summed E-state index contributed by atoms with van der Waals surface area (Å²) < 4.78 is 25.3. The molecule has 1 aromatic rings. The Morgan fingerprint density at radius 2 is 2.05 bits per heavy atom. The molecule has 0 unspecified atom stereocenters. The Hall–Kier alpha value is -1.10. The van der Waals surface area contributed by atoms with E-state index in [0.29, 0.717) is 23.3 Å². The first kappa shape index (κ1) is 16.0. The molecule has 5 N–H and O–H groups in total. The van der Waals surface area contributed by atoms with E-state index >= 15 is 0 Å². The van der Waals surface area contributed by atoms with Crippen molar-refractivity contribution >= 4 is 33.4 Å². The maximum atomic E-state index is 11.4. The number of sulfonamides is 1. The van der Waals surface area contributed by atoms with Crippen molar-refractivity contribution in [2.24, 2.45) is 5.84 Å². The third-order valence-corrected chi connectivity index (χ3v) is 4.10. The van der Waals surface area contributed by atoms with Crippen LogP contribution < -0.4 is 21.3 Å². The Labute approximate surface area is 117 Å². The number of hydrogen-bond donors (Lipinski definition) is 4. The van der Waals surface area contributed by atoms with Crippen molar-refractivity contribution in [1.82, 2.24) is 14.7 Å². The molecule has 0 aliphatic carbocycles. The minimum atomic E-state index is -3.23. The van der Waals surface area contributed by atoms with Gasteiger partial charge in [0.2, 0.25) is 10.0 Å². The molecule has 108 valence electrons. The Morgan fingerprint density at radius 1 is 1.37 bits per heavy atom. The van der Waals surface area contributed by atoms with Gasteiger partial charge in [-0.1, -0.05) is 18.7 Å². The maximum Gasteiger partial charge on any atom is 0.213 e. The average molecular weight is 306 g/mol. The molecule has 8 nitrogen and oxygen atoms in total. The van der Waals surface area contributed by atoms with E-state index in [1.165, 1.54) is 11.8 Å². The predicted octanol–water partition coefficient (Wildman–Crippen LogP) is -0.165. The van der Waals surface area contributed by atoms with Gasteiger partial charge in [-0.2, -0.15) is 0 Å². The van der Waals surface area contributed by atoms with Crippen LogP contribution in [0, 0.1) is 0 Å². The lowest BCUT2D eigenvalue weighted by Gasteiger charge is -2.09. The van der Waals surface area contributed by atoms with Crippen molar-refractivity contribution in [3.63, 3.8) is 0 Å². The number of nitrogens with one attached hydrogen (secondary N) is 3. The van der Waals surface area contributed by atoms with Gasteiger partial charge in [-0.05, 0) is 6.26 Å². The van der Waals surface area contributed by atoms with Crippen molar-refractivity contribution in [2.75, 3.05) is 35.8 Å². The van der Waals surface area contributed by atoms with Gasteiger partial charge in [0.15, 0.2) is 5.16 Å². The molecule has 0 atom stereocenters. The highest BCUT2D eigenvalue weighted by atomic mass is 32.2. The second-order valence-electron chi connectivity index (χ2n) is 3.51. The number of hydrazine groups is 1. The van der Waals surface area contributed by atoms with Crippen LogP contribution in [0.15, 0.2) is 11.2 Å². The van der Waals surface area contributed by atoms with E-state index in [4.69, 9.17) is 5.84 Å². The second-order valence-corrected chi connectivity index (χ2v) is 6.21. The highest BCUT2D eigenvalue weighted by molar-refractivity contribution is 7.98. The molecule has 0 saturated heterocycles. The topological polar surface area (TPSA) is 122 Å². The zero-order chi connectivity index (χ0) is 14.3. The minimum absolute atomic E-state index is 0.0230. The average Bonchev–Trinajstić information content (AvgIpc) is 2.37. The molecule has 0 radical (unpaired) electrons. The summed E-state index contributed by atoms with van der Waals surface area (Å²) in [5.41, 5.74) is 2.43. The molecule has 0 saturated carbocycles. The van der Waals surface area contributed by atoms with Gasteiger partial charge in [0, 0.05) is 19.2 Å². The smallest absolute Gasteiger partial charge is 0.213 e. The molecule has 0 bridgehead atoms. The molecule has 0 fully saturated rings. The van der Waals surface area contributed by atoms with E-state index in [1.807, 2.05) is 6.26 Å². The zero-order valence-corrected chi connectivity index (χ0v) is 12.4. The summed E-state index contributed by atoms with van der Waals surface area (Å²) in [6.07, 6.45) is 1.84. The van der Waals surface area contributed by atoms with Crippen LogP contribution in [0.1, 0.15) is 6.92 Å². The molecule has 0 spiro atoms. The fourth-order valence-corrected chi connectivity index (χ4v) is 2.62. The number of nitrogens with two attached hydrogens (primary N) is 1. The van der Waals surface area contributed by atoms with Gasteiger partial charge in [-0.25, -0.2) is 29.0 Å². The van der Waals surface area contributed by atoms with E-state index in [2.05, 4.69) is 25.4 Å². The number of nitrogen functional groups attached to an aromatic ring is 1. The molecule has 19 heavy (non-hydrogen) atoms. The molecule has 1 heterocycles. The number of thioether (sulfide) groups is 1. The molecule has 0 amide bonds. The van der Waals surface area contributed by atoms with Gasteiger partial charge < -0.3 is 10.7 Å². The van der Waals surface area contributed by atoms with Crippen LogP contribution in [0.3, 0.4) is 0 Å². The van der Waals surface area contributed by atoms with E-state index in [1.54, 1.807) is 13.0 Å². The third kappa shape index (κ3) is 5.59. The number of rotatable bonds is 8. The zero-order valence-electron chi connectivity index (χ0n) is 10.8. The van der Waals surface area contributed by atoms with Crippen molar-refractivity contribution in [3.8, 4) is 0 Å². The maximum absolute atomic E-state index is 11.4. The largest absolute Gasteiger partial charge is 0.369 e. The summed E-state index contributed by atoms with van der Waals surface area (Å²) in [5, 5.41) is 3.48. The van der Waals surface area contributed by atoms with Gasteiger partial charge in [0.1, 0.15) is 11.6 Å². The van der Waals surface area contributed by atoms with Gasteiger partial charge in [-0.15, -0.1) is 0 Å². The second kappa shape index (κ2) is 7.48. The predicted molar refractivity (Wildman–Crippen MR) is 77.6 cm³/mol. The van der Waals surface area contributed by atoms with Crippen molar-refractivity contribution < 1.29 is 8.42 Å². The molecule has 0 aliphatic heterocycles. The summed E-state index contributed by atoms with van der Waals surface area (Å²) in [6, 6.07) is 1.61. The standard InChI is InChI=1S/C9H18N6O2S2/c1-3-12-19(16,17)5-4-11-7-6-8(15-10)14-9(13-7)18-2/h6,12H,3-5,10H2,1-2H3,(H2,11,13,14,15). The Kier molecular flexibility index (Phi) is 6.28. The van der Waals surface area contributed by atoms with Crippen molar-refractivity contribution in [3.05, 3.63) is 6.07 Å². The molecule has 1 rings (SSSR count). The van der Waals surface area contributed by atoms with Crippen molar-refractivity contribution in [1.29, 1.82) is 0 Å². The van der Waals surface area contributed by atoms with Crippen LogP contribution in [0.2, 0.25) is 0 Å². The number of aromatic nitrogens is 2. The lowest BCUT2D eigenvalue weighted by molar-refractivity contribution is 0.584. The highest BCUT2D eigenvalue weighted by Crippen LogP contribution is 2.16. The SMILES string of the molecule is CCNS(=O)(=O)CCNc1cc(NN)nc(SC)n1. The van der Waals surface area contributed by atoms with Crippen LogP contribution in [0.25, 0.3) is 0 Å². The fraction of sp³-hybridized carbons (Fsp3) is 0.556. The van der Waals surface area contributed by atoms with E-state index in [0.717, 1.165) is 0 Å². The quantitative estimate of drug-likeness (QED) is 0.226. The monoisotopic (exact) mass is 306 g/mol. The summed E-state index contributed by atoms with van der Waals surface area (Å²) in [7, 11) is -3.23. The van der Waals surface area contributed by atoms with Gasteiger partial charge >= 0.3 is 0 Å². The summed E-state index contributed by atoms with van der Waals surface area (Å²) in [6.45, 7) is 2.37. The third-order valence-electron chi connectivity index (χ3n) is 2.08. The minimum Gasteiger partial charge on any atom is -0.369 e. The summed E-state index contributed by atoms with van der Waals surface area (Å²) in [4.78, 5) is 8.30. The first-order valence-corrected chi connectivity index (χ1v) is 8.49. The summed E-state index contributed by atoms with van der Waals surface area (Å²) >= 11 is 1.37. The normalized spacial score (nSPS) is 11.3. The lowest BCUT2D eigenvalue weighted by Crippen LogP contribution is -2.29. The molecule has 0 aromatic carbocycles. The van der Waals surface area contributed by atoms with E-state index < -0.39 is 10.0 Å². The highest BCUT2D eigenvalue weighted by Gasteiger charge is 2.08. The van der Waals surface area contributed by atoms with Crippen LogP contribution >= 0.6 is 11.8 Å². The molecule has 10 heteroatoms. The van der Waals surface area contributed by atoms with E-state index in [9.17, 15) is 8.42 Å². The van der Waals surface area contributed by atoms with Gasteiger partial charge in [-0.3, -0.25) is 0 Å². The molecule has 1 aromatic heterocycles. The Balaban J connectivity index is 2.62. The summed E-state index contributed by atoms with van der Waals surface area (Å²) in [5.74, 6) is 6.27. The van der Waals surface area contributed by atoms with Crippen LogP contribution in [-0.4, -0.2) is 43.5 Å². The Bertz CT molecular complexity index is 485. The number of nitrogens with zero attached hydrogens (tertiary/aromatic N) is 2. The fourth-order valence-electron chi connectivity index (χ4n) is 1.29. The number of hydrogen-bond acceptors (Lipinski definition) is 8. The van der Waals surface area contributed by atoms with Gasteiger partial charge in [0.05, 0.1) is 5.75 Å². The molecular weight excluding hydrogens is 288 g/mol. The van der Waals surface area contributed by atoms with Crippen LogP contribution in [0.5, 0.6) is 0 Å². The lowest BCUT2D eigenvalue weighted by atomic mass is 10.5. The van der Waals surface area contributed by atoms with E-state index in [-0.39, 0.29) is 12.3 Å². The van der Waals surface area contributed by atoms with Crippen LogP contribution in [-0.2, 0) is 10.0 Å².